The molecule has 0 N–H and O–H groups in total. The fourth-order valence-corrected chi connectivity index (χ4v) is 3.16. The Morgan fingerprint density at radius 2 is 1.44 bits per heavy atom. The van der Waals surface area contributed by atoms with Crippen molar-refractivity contribution >= 4 is 13.3 Å². The van der Waals surface area contributed by atoms with Gasteiger partial charge < -0.3 is 0 Å². The zero-order valence-corrected chi connectivity index (χ0v) is 10.9. The van der Waals surface area contributed by atoms with E-state index in [-0.39, 0.29) is 5.19 Å². The van der Waals surface area contributed by atoms with Gasteiger partial charge in [-0.25, -0.2) is 0 Å². The van der Waals surface area contributed by atoms with E-state index in [0.717, 1.165) is 6.07 Å². The minimum absolute atomic E-state index is 0.343. The van der Waals surface area contributed by atoms with Crippen LogP contribution in [0.5, 0.6) is 0 Å². The number of hydrogen-bond acceptors (Lipinski definition) is 0. The van der Waals surface area contributed by atoms with E-state index in [1.807, 2.05) is 0 Å². The first-order chi connectivity index (χ1) is 7.85. The van der Waals surface area contributed by atoms with Gasteiger partial charge >= 0.3 is 12.4 Å². The lowest BCUT2D eigenvalue weighted by molar-refractivity contribution is -0.161. The van der Waals surface area contributed by atoms with E-state index < -0.39 is 31.6 Å². The molecule has 0 aliphatic rings. The van der Waals surface area contributed by atoms with Crippen LogP contribution in [0.15, 0.2) is 12.1 Å². The van der Waals surface area contributed by atoms with Crippen molar-refractivity contribution in [2.75, 3.05) is 0 Å². The van der Waals surface area contributed by atoms with Gasteiger partial charge in [0.05, 0.1) is 19.2 Å². The largest absolute Gasteiger partial charge is 0.417 e. The molecule has 0 aliphatic carbocycles. The summed E-state index contributed by atoms with van der Waals surface area (Å²) in [6.45, 7) is 4.65. The first kappa shape index (κ1) is 15.1. The SMILES string of the molecule is C[Si](C)(C)c1[c]ccc(C(F)(F)F)c1C(F)(F)F. The number of hydrogen-bond donors (Lipinski definition) is 0. The highest BCUT2D eigenvalue weighted by atomic mass is 28.3. The second-order valence-electron chi connectivity index (χ2n) is 4.89. The van der Waals surface area contributed by atoms with E-state index in [1.165, 1.54) is 0 Å². The van der Waals surface area contributed by atoms with Crippen LogP contribution >= 0.6 is 0 Å². The van der Waals surface area contributed by atoms with Crippen LogP contribution in [0.3, 0.4) is 0 Å². The molecule has 1 rings (SSSR count). The van der Waals surface area contributed by atoms with Crippen molar-refractivity contribution in [2.24, 2.45) is 0 Å². The highest BCUT2D eigenvalue weighted by Gasteiger charge is 2.46. The van der Waals surface area contributed by atoms with Gasteiger partial charge in [0.1, 0.15) is 0 Å². The first-order valence-electron chi connectivity index (χ1n) is 5.04. The fraction of sp³-hybridized carbons (Fsp3) is 0.455. The Bertz CT molecular complexity index is 406. The zero-order valence-electron chi connectivity index (χ0n) is 9.92. The second-order valence-corrected chi connectivity index (χ2v) is 9.89. The van der Waals surface area contributed by atoms with Crippen LogP contribution < -0.4 is 5.19 Å². The molecule has 0 spiro atoms. The van der Waals surface area contributed by atoms with E-state index >= 15 is 0 Å². The molecule has 1 aromatic carbocycles. The summed E-state index contributed by atoms with van der Waals surface area (Å²) < 4.78 is 76.6. The van der Waals surface area contributed by atoms with Crippen LogP contribution in [-0.4, -0.2) is 8.07 Å². The van der Waals surface area contributed by atoms with Crippen molar-refractivity contribution in [3.63, 3.8) is 0 Å². The molecule has 18 heavy (non-hydrogen) atoms. The Morgan fingerprint density at radius 3 is 1.78 bits per heavy atom. The maximum absolute atomic E-state index is 12.9. The lowest BCUT2D eigenvalue weighted by Crippen LogP contribution is -2.44. The summed E-state index contributed by atoms with van der Waals surface area (Å²) in [6.07, 6.45) is -10.0. The van der Waals surface area contributed by atoms with Gasteiger partial charge in [0.25, 0.3) is 0 Å². The van der Waals surface area contributed by atoms with E-state index in [4.69, 9.17) is 0 Å². The Hall–Kier alpha value is -0.983. The van der Waals surface area contributed by atoms with Crippen LogP contribution in [0.2, 0.25) is 19.6 Å². The minimum Gasteiger partial charge on any atom is -0.166 e. The predicted molar refractivity (Wildman–Crippen MR) is 58.3 cm³/mol. The average Bonchev–Trinajstić information content (AvgIpc) is 2.12. The van der Waals surface area contributed by atoms with Gasteiger partial charge in [-0.3, -0.25) is 0 Å². The summed E-state index contributed by atoms with van der Waals surface area (Å²) in [5.41, 5.74) is -3.22. The Labute approximate surface area is 102 Å². The summed E-state index contributed by atoms with van der Waals surface area (Å²) >= 11 is 0. The summed E-state index contributed by atoms with van der Waals surface area (Å²) in [6, 6.07) is 3.67. The standard InChI is InChI=1S/C11H11F6Si/c1-18(2,3)8-6-4-5-7(10(12,13)14)9(8)11(15,16)17/h4-5H,1-3H3. The van der Waals surface area contributed by atoms with Crippen LogP contribution in [0.4, 0.5) is 26.3 Å². The number of benzene rings is 1. The molecule has 0 fully saturated rings. The van der Waals surface area contributed by atoms with Gasteiger partial charge in [-0.1, -0.05) is 25.7 Å². The quantitative estimate of drug-likeness (QED) is 0.539. The molecule has 0 atom stereocenters. The first-order valence-corrected chi connectivity index (χ1v) is 8.54. The van der Waals surface area contributed by atoms with Crippen molar-refractivity contribution in [1.82, 2.24) is 0 Å². The van der Waals surface area contributed by atoms with Crippen molar-refractivity contribution in [1.29, 1.82) is 0 Å². The van der Waals surface area contributed by atoms with E-state index in [2.05, 4.69) is 6.07 Å². The Morgan fingerprint density at radius 1 is 0.944 bits per heavy atom. The monoisotopic (exact) mass is 285 g/mol. The summed E-state index contributed by atoms with van der Waals surface area (Å²) in [5, 5.41) is -0.343. The van der Waals surface area contributed by atoms with E-state index in [0.29, 0.717) is 6.07 Å². The normalized spacial score (nSPS) is 13.8. The van der Waals surface area contributed by atoms with Crippen molar-refractivity contribution < 1.29 is 26.3 Å². The highest BCUT2D eigenvalue weighted by molar-refractivity contribution is 6.89. The molecule has 0 unspecified atom stereocenters. The summed E-state index contributed by atoms with van der Waals surface area (Å²) in [5.74, 6) is 0. The summed E-state index contributed by atoms with van der Waals surface area (Å²) in [7, 11) is -2.57. The van der Waals surface area contributed by atoms with Crippen molar-refractivity contribution in [3.8, 4) is 0 Å². The molecule has 101 valence electrons. The van der Waals surface area contributed by atoms with Gasteiger partial charge in [0, 0.05) is 0 Å². The topological polar surface area (TPSA) is 0 Å². The maximum atomic E-state index is 12.9. The average molecular weight is 285 g/mol. The van der Waals surface area contributed by atoms with Crippen LogP contribution in [0.1, 0.15) is 11.1 Å². The molecule has 0 aromatic heterocycles. The van der Waals surface area contributed by atoms with Gasteiger partial charge in [0.2, 0.25) is 0 Å². The third kappa shape index (κ3) is 3.07. The molecule has 0 bridgehead atoms. The third-order valence-electron chi connectivity index (χ3n) is 2.34. The smallest absolute Gasteiger partial charge is 0.166 e. The lowest BCUT2D eigenvalue weighted by atomic mass is 10.1. The summed E-state index contributed by atoms with van der Waals surface area (Å²) in [4.78, 5) is 0. The Balaban J connectivity index is 3.68. The molecule has 0 aliphatic heterocycles. The van der Waals surface area contributed by atoms with E-state index in [1.54, 1.807) is 19.6 Å². The molecular weight excluding hydrogens is 274 g/mol. The molecule has 1 radical (unpaired) electrons. The zero-order chi connectivity index (χ0) is 14.4. The van der Waals surface area contributed by atoms with Crippen LogP contribution in [0.25, 0.3) is 0 Å². The molecule has 0 nitrogen and oxygen atoms in total. The number of alkyl halides is 6. The molecule has 0 amide bonds. The van der Waals surface area contributed by atoms with Crippen molar-refractivity contribution in [2.45, 2.75) is 32.0 Å². The number of rotatable bonds is 1. The van der Waals surface area contributed by atoms with Crippen molar-refractivity contribution in [3.05, 3.63) is 29.3 Å². The molecule has 0 heterocycles. The van der Waals surface area contributed by atoms with Crippen LogP contribution in [-0.2, 0) is 12.4 Å². The Kier molecular flexibility index (Phi) is 3.59. The van der Waals surface area contributed by atoms with Gasteiger partial charge in [-0.2, -0.15) is 26.3 Å². The second kappa shape index (κ2) is 4.29. The molecule has 0 saturated heterocycles. The molecule has 1 aromatic rings. The molecule has 0 saturated carbocycles. The lowest BCUT2D eigenvalue weighted by Gasteiger charge is -2.25. The minimum atomic E-state index is -5.03. The van der Waals surface area contributed by atoms with Gasteiger partial charge in [0.15, 0.2) is 0 Å². The predicted octanol–water partition coefficient (Wildman–Crippen LogP) is 4.07. The molecule has 7 heteroatoms. The third-order valence-corrected chi connectivity index (χ3v) is 4.23. The fourth-order valence-electron chi connectivity index (χ4n) is 1.62. The highest BCUT2D eigenvalue weighted by Crippen LogP contribution is 2.39. The maximum Gasteiger partial charge on any atom is 0.417 e. The van der Waals surface area contributed by atoms with E-state index in [9.17, 15) is 26.3 Å². The van der Waals surface area contributed by atoms with Crippen LogP contribution in [0, 0.1) is 6.07 Å². The number of halogens is 6. The molecular formula is C11H11F6Si. The van der Waals surface area contributed by atoms with Gasteiger partial charge in [-0.15, -0.1) is 0 Å². The van der Waals surface area contributed by atoms with Gasteiger partial charge in [-0.05, 0) is 17.3 Å².